The van der Waals surface area contributed by atoms with Gasteiger partial charge in [0.2, 0.25) is 5.78 Å². The van der Waals surface area contributed by atoms with Crippen molar-refractivity contribution in [2.75, 3.05) is 0 Å². The molecule has 0 fully saturated rings. The van der Waals surface area contributed by atoms with Crippen molar-refractivity contribution in [3.63, 3.8) is 0 Å². The third kappa shape index (κ3) is 3.75. The molecule has 4 atom stereocenters. The van der Waals surface area contributed by atoms with Gasteiger partial charge in [0.15, 0.2) is 17.2 Å². The maximum absolute atomic E-state index is 14.3. The minimum atomic E-state index is -2.59. The van der Waals surface area contributed by atoms with E-state index in [4.69, 9.17) is 0 Å². The van der Waals surface area contributed by atoms with E-state index in [1.807, 2.05) is 54.5 Å². The van der Waals surface area contributed by atoms with Crippen LogP contribution < -0.4 is 0 Å². The lowest BCUT2D eigenvalue weighted by atomic mass is 9.44. The van der Waals surface area contributed by atoms with E-state index in [9.17, 15) is 34.8 Å². The van der Waals surface area contributed by atoms with Gasteiger partial charge in [-0.3, -0.25) is 14.4 Å². The summed E-state index contributed by atoms with van der Waals surface area (Å²) in [6.07, 6.45) is 0.944. The van der Waals surface area contributed by atoms with Crippen molar-refractivity contribution in [2.24, 2.45) is 28.6 Å². The van der Waals surface area contributed by atoms with Gasteiger partial charge in [0, 0.05) is 22.3 Å². The number of carbonyl (C=O) groups is 3. The number of ketones is 3. The van der Waals surface area contributed by atoms with Crippen LogP contribution in [0.2, 0.25) is 0 Å². The van der Waals surface area contributed by atoms with Gasteiger partial charge in [-0.05, 0) is 60.6 Å². The Bertz CT molecular complexity index is 1360. The molecule has 0 aliphatic heterocycles. The lowest BCUT2D eigenvalue weighted by Crippen LogP contribution is -2.67. The Labute approximate surface area is 230 Å². The average molecular weight is 539 g/mol. The zero-order chi connectivity index (χ0) is 29.6. The van der Waals surface area contributed by atoms with Crippen LogP contribution in [0.5, 0.6) is 5.75 Å². The summed E-state index contributed by atoms with van der Waals surface area (Å²) in [5.74, 6) is -4.58. The summed E-state index contributed by atoms with van der Waals surface area (Å²) in [6, 6.07) is 1.97. The number of phenolic OH excluding ortho intramolecular Hbond substituents is 1. The van der Waals surface area contributed by atoms with Gasteiger partial charge in [-0.25, -0.2) is 0 Å². The van der Waals surface area contributed by atoms with Gasteiger partial charge in [0.25, 0.3) is 0 Å². The van der Waals surface area contributed by atoms with Crippen LogP contribution in [0, 0.1) is 28.6 Å². The van der Waals surface area contributed by atoms with Gasteiger partial charge in [0.05, 0.1) is 5.56 Å². The largest absolute Gasteiger partial charge is 0.511 e. The van der Waals surface area contributed by atoms with Crippen molar-refractivity contribution >= 4 is 17.3 Å². The highest BCUT2D eigenvalue weighted by atomic mass is 16.3. The van der Waals surface area contributed by atoms with Gasteiger partial charge in [-0.1, -0.05) is 61.5 Å². The topological polar surface area (TPSA) is 132 Å². The standard InChI is InChI=1S/C32H42O7/c1-14(2)10-18-11-19(15(3)4)20-12-30(8)13-31(9)23(16(5)6)26(35)21(17(7)33)28(37)32(31,39)29(38)24(30)27(36)22(20)25(18)34/h11,14-16,23,34-35,38-39H,10,12-13H2,1-9H3/t23?,30-,31-,32+/m1/s1. The second kappa shape index (κ2) is 9.05. The van der Waals surface area contributed by atoms with Gasteiger partial charge in [-0.15, -0.1) is 0 Å². The van der Waals surface area contributed by atoms with Crippen LogP contribution in [0.3, 0.4) is 0 Å². The molecule has 0 saturated carbocycles. The van der Waals surface area contributed by atoms with E-state index in [2.05, 4.69) is 0 Å². The quantitative estimate of drug-likeness (QED) is 0.355. The zero-order valence-electron chi connectivity index (χ0n) is 24.5. The monoisotopic (exact) mass is 538 g/mol. The summed E-state index contributed by atoms with van der Waals surface area (Å²) in [4.78, 5) is 40.6. The number of hydrogen-bond acceptors (Lipinski definition) is 7. The van der Waals surface area contributed by atoms with Crippen molar-refractivity contribution in [3.8, 4) is 5.75 Å². The lowest BCUT2D eigenvalue weighted by molar-refractivity contribution is -0.171. The number of aromatic hydroxyl groups is 1. The summed E-state index contributed by atoms with van der Waals surface area (Å²) in [6.45, 7) is 16.4. The Balaban J connectivity index is 2.08. The Hall–Kier alpha value is -2.93. The summed E-state index contributed by atoms with van der Waals surface area (Å²) in [7, 11) is 0. The number of rotatable bonds is 5. The molecule has 7 nitrogen and oxygen atoms in total. The van der Waals surface area contributed by atoms with E-state index in [0.29, 0.717) is 24.0 Å². The van der Waals surface area contributed by atoms with E-state index in [1.54, 1.807) is 6.92 Å². The third-order valence-corrected chi connectivity index (χ3v) is 9.37. The summed E-state index contributed by atoms with van der Waals surface area (Å²) in [5.41, 5.74) is -3.27. The average Bonchev–Trinajstić information content (AvgIpc) is 2.77. The zero-order valence-corrected chi connectivity index (χ0v) is 24.5. The number of Topliss-reactive ketones (excluding diaryl/α,β-unsaturated/α-hetero) is 3. The molecular weight excluding hydrogens is 496 g/mol. The molecule has 0 heterocycles. The number of phenols is 1. The number of fused-ring (bicyclic) bond motifs is 3. The number of benzene rings is 1. The molecule has 7 heteroatoms. The first-order valence-electron chi connectivity index (χ1n) is 13.9. The molecule has 1 unspecified atom stereocenters. The molecule has 1 aromatic rings. The molecule has 0 spiro atoms. The summed E-state index contributed by atoms with van der Waals surface area (Å²) >= 11 is 0. The van der Waals surface area contributed by atoms with Crippen LogP contribution in [0.25, 0.3) is 0 Å². The number of aliphatic hydroxyl groups excluding tert-OH is 2. The van der Waals surface area contributed by atoms with Crippen LogP contribution in [-0.2, 0) is 22.4 Å². The van der Waals surface area contributed by atoms with Crippen molar-refractivity contribution in [1.82, 2.24) is 0 Å². The summed E-state index contributed by atoms with van der Waals surface area (Å²) < 4.78 is 0. The molecule has 39 heavy (non-hydrogen) atoms. The summed E-state index contributed by atoms with van der Waals surface area (Å²) in [5, 5.41) is 46.6. The van der Waals surface area contributed by atoms with E-state index in [-0.39, 0.29) is 46.8 Å². The minimum absolute atomic E-state index is 0.0571. The lowest BCUT2D eigenvalue weighted by Gasteiger charge is -2.59. The number of carbonyl (C=O) groups excluding carboxylic acids is 3. The highest BCUT2D eigenvalue weighted by Gasteiger charge is 2.71. The van der Waals surface area contributed by atoms with Crippen LogP contribution in [0.1, 0.15) is 102 Å². The highest BCUT2D eigenvalue weighted by molar-refractivity contribution is 6.25. The number of hydrogen-bond donors (Lipinski definition) is 4. The Kier molecular flexibility index (Phi) is 6.74. The molecule has 3 aliphatic carbocycles. The maximum Gasteiger partial charge on any atom is 0.209 e. The molecule has 0 saturated heterocycles. The molecule has 4 N–H and O–H groups in total. The third-order valence-electron chi connectivity index (χ3n) is 9.37. The molecule has 1 aromatic carbocycles. The predicted octanol–water partition coefficient (Wildman–Crippen LogP) is 5.67. The predicted molar refractivity (Wildman–Crippen MR) is 148 cm³/mol. The van der Waals surface area contributed by atoms with E-state index in [0.717, 1.165) is 12.5 Å². The van der Waals surface area contributed by atoms with Gasteiger partial charge < -0.3 is 20.4 Å². The Morgan fingerprint density at radius 2 is 1.64 bits per heavy atom. The molecule has 0 bridgehead atoms. The normalized spacial score (nSPS) is 30.7. The first-order chi connectivity index (χ1) is 17.8. The molecule has 0 aromatic heterocycles. The fourth-order valence-corrected chi connectivity index (χ4v) is 8.00. The van der Waals surface area contributed by atoms with Crippen molar-refractivity contribution < 1.29 is 34.8 Å². The van der Waals surface area contributed by atoms with Crippen LogP contribution >= 0.6 is 0 Å². The van der Waals surface area contributed by atoms with Gasteiger partial charge in [-0.2, -0.15) is 0 Å². The van der Waals surface area contributed by atoms with Gasteiger partial charge >= 0.3 is 0 Å². The van der Waals surface area contributed by atoms with E-state index < -0.39 is 51.0 Å². The van der Waals surface area contributed by atoms with Crippen LogP contribution in [0.4, 0.5) is 0 Å². The van der Waals surface area contributed by atoms with Crippen molar-refractivity contribution in [1.29, 1.82) is 0 Å². The molecule has 0 amide bonds. The fourth-order valence-electron chi connectivity index (χ4n) is 8.00. The molecule has 212 valence electrons. The fraction of sp³-hybridized carbons (Fsp3) is 0.594. The Morgan fingerprint density at radius 1 is 1.05 bits per heavy atom. The molecule has 4 rings (SSSR count). The van der Waals surface area contributed by atoms with E-state index in [1.165, 1.54) is 0 Å². The SMILES string of the molecule is CC(=O)C1=C(O)C(C(C)C)[C@@]2(C)C[C@@]3(C)Cc4c(C(C)C)cc(CC(C)C)c(O)c4C(=O)C3=C(O)[C@@]2(O)C1=O. The highest BCUT2D eigenvalue weighted by Crippen LogP contribution is 2.65. The number of aliphatic hydroxyl groups is 3. The smallest absolute Gasteiger partial charge is 0.209 e. The van der Waals surface area contributed by atoms with Crippen molar-refractivity contribution in [2.45, 2.75) is 93.1 Å². The first kappa shape index (κ1) is 29.1. The second-order valence-electron chi connectivity index (χ2n) is 13.5. The first-order valence-corrected chi connectivity index (χ1v) is 13.9. The molecule has 0 radical (unpaired) electrons. The van der Waals surface area contributed by atoms with E-state index >= 15 is 0 Å². The van der Waals surface area contributed by atoms with Crippen LogP contribution in [-0.4, -0.2) is 43.4 Å². The second-order valence-corrected chi connectivity index (χ2v) is 13.5. The number of allylic oxidation sites excluding steroid dienone is 2. The molecular formula is C32H42O7. The van der Waals surface area contributed by atoms with Crippen molar-refractivity contribution in [3.05, 3.63) is 51.0 Å². The minimum Gasteiger partial charge on any atom is -0.511 e. The van der Waals surface area contributed by atoms with Gasteiger partial charge in [0.1, 0.15) is 22.8 Å². The molecule has 3 aliphatic rings. The Morgan fingerprint density at radius 3 is 2.13 bits per heavy atom. The van der Waals surface area contributed by atoms with Crippen LogP contribution in [0.15, 0.2) is 28.7 Å². The maximum atomic E-state index is 14.3.